The summed E-state index contributed by atoms with van der Waals surface area (Å²) in [7, 11) is 0. The molecule has 0 atom stereocenters. The van der Waals surface area contributed by atoms with Crippen molar-refractivity contribution in [2.45, 2.75) is 6.42 Å². The molecule has 0 aliphatic heterocycles. The summed E-state index contributed by atoms with van der Waals surface area (Å²) in [6, 6.07) is 3.71. The quantitative estimate of drug-likeness (QED) is 0.492. The topological polar surface area (TPSA) is 131 Å². The molecule has 8 nitrogen and oxygen atoms in total. The average molecular weight is 282 g/mol. The van der Waals surface area contributed by atoms with Gasteiger partial charge in [0.15, 0.2) is 0 Å². The van der Waals surface area contributed by atoms with Gasteiger partial charge in [-0.2, -0.15) is 10.4 Å². The normalized spacial score (nSPS) is 10.1. The number of nitrogens with zero attached hydrogens (tertiary/aromatic N) is 3. The van der Waals surface area contributed by atoms with Crippen LogP contribution in [-0.4, -0.2) is 17.0 Å². The molecule has 0 aliphatic rings. The molecule has 1 amide bonds. The maximum atomic E-state index is 11.6. The zero-order valence-electron chi connectivity index (χ0n) is 9.29. The van der Waals surface area contributed by atoms with E-state index in [1.54, 1.807) is 6.07 Å². The van der Waals surface area contributed by atoms with Crippen LogP contribution in [0.3, 0.4) is 0 Å². The van der Waals surface area contributed by atoms with E-state index in [-0.39, 0.29) is 10.6 Å². The van der Waals surface area contributed by atoms with E-state index < -0.39 is 28.7 Å². The Balaban J connectivity index is 2.96. The summed E-state index contributed by atoms with van der Waals surface area (Å²) in [6.45, 7) is 0. The van der Waals surface area contributed by atoms with Crippen molar-refractivity contribution in [1.82, 2.24) is 5.43 Å². The number of nitro groups is 1. The van der Waals surface area contributed by atoms with E-state index in [9.17, 15) is 20.0 Å². The number of hydrazone groups is 1. The Bertz CT molecular complexity index is 594. The van der Waals surface area contributed by atoms with Gasteiger partial charge in [0, 0.05) is 11.1 Å². The Morgan fingerprint density at radius 2 is 2.32 bits per heavy atom. The Morgan fingerprint density at radius 1 is 1.63 bits per heavy atom. The number of nitro benzene ring substituents is 1. The zero-order chi connectivity index (χ0) is 14.4. The Kier molecular flexibility index (Phi) is 4.79. The second-order valence-corrected chi connectivity index (χ2v) is 3.66. The Labute approximate surface area is 112 Å². The minimum atomic E-state index is -0.868. The third-order valence-corrected chi connectivity index (χ3v) is 2.11. The van der Waals surface area contributed by atoms with Gasteiger partial charge in [-0.05, 0) is 17.4 Å². The molecular formula is C10H6ClN4O4-. The van der Waals surface area contributed by atoms with Crippen molar-refractivity contribution in [2.24, 2.45) is 5.10 Å². The van der Waals surface area contributed by atoms with Crippen LogP contribution in [0.25, 0.3) is 0 Å². The number of nitriles is 1. The lowest BCUT2D eigenvalue weighted by Gasteiger charge is -2.10. The Hall–Kier alpha value is -2.66. The minimum absolute atomic E-state index is 0.00361. The van der Waals surface area contributed by atoms with Gasteiger partial charge < -0.3 is 5.11 Å². The summed E-state index contributed by atoms with van der Waals surface area (Å²) >= 11 is 5.62. The van der Waals surface area contributed by atoms with Gasteiger partial charge in [0.25, 0.3) is 11.6 Å². The molecule has 98 valence electrons. The lowest BCUT2D eigenvalue weighted by molar-refractivity contribution is -0.398. The predicted octanol–water partition coefficient (Wildman–Crippen LogP) is 0.686. The van der Waals surface area contributed by atoms with E-state index >= 15 is 0 Å². The van der Waals surface area contributed by atoms with E-state index in [2.05, 4.69) is 5.10 Å². The largest absolute Gasteiger partial charge is 0.867 e. The summed E-state index contributed by atoms with van der Waals surface area (Å²) < 4.78 is 0. The van der Waals surface area contributed by atoms with Gasteiger partial charge in [0.1, 0.15) is 6.42 Å². The van der Waals surface area contributed by atoms with Crippen molar-refractivity contribution < 1.29 is 14.8 Å². The smallest absolute Gasteiger partial charge is 0.263 e. The SMILES string of the molecule is N#CCC(=O)N/N=C\c1cc(Cl)cc([N+](=O)[O-])c1[O-]. The van der Waals surface area contributed by atoms with E-state index in [1.165, 1.54) is 6.07 Å². The number of benzene rings is 1. The molecule has 0 unspecified atom stereocenters. The standard InChI is InChI=1S/C10H7ClN4O4/c11-7-3-6(5-13-14-9(16)1-2-12)10(17)8(4-7)15(18)19/h3-5,17H,1H2,(H,14,16)/p-1/b13-5-. The third kappa shape index (κ3) is 3.93. The molecule has 0 saturated heterocycles. The number of nitrogens with one attached hydrogen (secondary N) is 1. The molecule has 0 heterocycles. The van der Waals surface area contributed by atoms with Gasteiger partial charge in [-0.1, -0.05) is 11.6 Å². The van der Waals surface area contributed by atoms with Crippen LogP contribution in [0.15, 0.2) is 17.2 Å². The summed E-state index contributed by atoms with van der Waals surface area (Å²) in [5, 5.41) is 33.8. The summed E-state index contributed by atoms with van der Waals surface area (Å²) in [4.78, 5) is 20.6. The molecule has 0 fully saturated rings. The molecule has 0 radical (unpaired) electrons. The highest BCUT2D eigenvalue weighted by Gasteiger charge is 2.11. The second-order valence-electron chi connectivity index (χ2n) is 3.23. The van der Waals surface area contributed by atoms with Gasteiger partial charge >= 0.3 is 0 Å². The second kappa shape index (κ2) is 6.32. The number of carbonyl (C=O) groups is 1. The summed E-state index contributed by atoms with van der Waals surface area (Å²) in [5.74, 6) is -1.53. The van der Waals surface area contributed by atoms with Crippen LogP contribution in [0, 0.1) is 21.4 Å². The maximum Gasteiger partial charge on any atom is 0.263 e. The predicted molar refractivity (Wildman–Crippen MR) is 63.5 cm³/mol. The van der Waals surface area contributed by atoms with Crippen LogP contribution in [-0.2, 0) is 4.79 Å². The molecule has 1 N–H and O–H groups in total. The first kappa shape index (κ1) is 14.4. The first-order valence-corrected chi connectivity index (χ1v) is 5.17. The van der Waals surface area contributed by atoms with Crippen LogP contribution in [0.1, 0.15) is 12.0 Å². The minimum Gasteiger partial charge on any atom is -0.867 e. The fourth-order valence-corrected chi connectivity index (χ4v) is 1.34. The van der Waals surface area contributed by atoms with Crippen LogP contribution in [0.4, 0.5) is 5.69 Å². The monoisotopic (exact) mass is 281 g/mol. The van der Waals surface area contributed by atoms with E-state index in [0.29, 0.717) is 0 Å². The molecule has 9 heteroatoms. The maximum absolute atomic E-state index is 11.6. The third-order valence-electron chi connectivity index (χ3n) is 1.89. The fraction of sp³-hybridized carbons (Fsp3) is 0.100. The van der Waals surface area contributed by atoms with Crippen molar-refractivity contribution >= 4 is 29.4 Å². The molecule has 19 heavy (non-hydrogen) atoms. The first-order chi connectivity index (χ1) is 8.95. The van der Waals surface area contributed by atoms with Gasteiger partial charge in [0.2, 0.25) is 0 Å². The van der Waals surface area contributed by atoms with Gasteiger partial charge in [0.05, 0.1) is 17.2 Å². The van der Waals surface area contributed by atoms with Crippen molar-refractivity contribution in [1.29, 1.82) is 5.26 Å². The molecular weight excluding hydrogens is 276 g/mol. The number of amides is 1. The molecule has 1 aromatic carbocycles. The molecule has 1 aromatic rings. The molecule has 0 spiro atoms. The van der Waals surface area contributed by atoms with Crippen LogP contribution in [0.5, 0.6) is 5.75 Å². The lowest BCUT2D eigenvalue weighted by Crippen LogP contribution is -2.16. The van der Waals surface area contributed by atoms with E-state index in [0.717, 1.165) is 12.3 Å². The number of carbonyl (C=O) groups excluding carboxylic acids is 1. The van der Waals surface area contributed by atoms with Gasteiger partial charge in [-0.15, -0.1) is 0 Å². The van der Waals surface area contributed by atoms with Crippen molar-refractivity contribution in [3.63, 3.8) is 0 Å². The molecule has 0 bridgehead atoms. The van der Waals surface area contributed by atoms with E-state index in [1.807, 2.05) is 5.43 Å². The molecule has 0 aliphatic carbocycles. The van der Waals surface area contributed by atoms with Gasteiger partial charge in [-0.3, -0.25) is 14.9 Å². The highest BCUT2D eigenvalue weighted by molar-refractivity contribution is 6.31. The van der Waals surface area contributed by atoms with E-state index in [4.69, 9.17) is 16.9 Å². The van der Waals surface area contributed by atoms with Crippen molar-refractivity contribution in [3.05, 3.63) is 32.8 Å². The summed E-state index contributed by atoms with van der Waals surface area (Å²) in [5.41, 5.74) is 1.16. The molecule has 1 rings (SSSR count). The fourth-order valence-electron chi connectivity index (χ4n) is 1.12. The van der Waals surface area contributed by atoms with Crippen LogP contribution in [0.2, 0.25) is 5.02 Å². The molecule has 0 saturated carbocycles. The van der Waals surface area contributed by atoms with Crippen molar-refractivity contribution in [3.8, 4) is 11.8 Å². The number of hydrogen-bond donors (Lipinski definition) is 1. The first-order valence-electron chi connectivity index (χ1n) is 4.79. The number of hydrogen-bond acceptors (Lipinski definition) is 6. The van der Waals surface area contributed by atoms with Crippen LogP contribution >= 0.6 is 11.6 Å². The number of halogens is 1. The highest BCUT2D eigenvalue weighted by Crippen LogP contribution is 2.29. The van der Waals surface area contributed by atoms with Gasteiger partial charge in [-0.25, -0.2) is 5.43 Å². The lowest BCUT2D eigenvalue weighted by atomic mass is 10.2. The van der Waals surface area contributed by atoms with Crippen LogP contribution < -0.4 is 10.5 Å². The summed E-state index contributed by atoms with van der Waals surface area (Å²) in [6.07, 6.45) is 0.535. The zero-order valence-corrected chi connectivity index (χ0v) is 10.0. The average Bonchev–Trinajstić information content (AvgIpc) is 2.33. The number of rotatable bonds is 4. The highest BCUT2D eigenvalue weighted by atomic mass is 35.5. The van der Waals surface area contributed by atoms with Crippen molar-refractivity contribution in [2.75, 3.05) is 0 Å². The molecule has 0 aromatic heterocycles. The Morgan fingerprint density at radius 3 is 2.89 bits per heavy atom.